The van der Waals surface area contributed by atoms with E-state index in [4.69, 9.17) is 24.3 Å². The Bertz CT molecular complexity index is 916. The molecule has 0 aliphatic rings. The van der Waals surface area contributed by atoms with E-state index in [9.17, 15) is 14.3 Å². The number of ether oxygens (including phenoxy) is 2. The summed E-state index contributed by atoms with van der Waals surface area (Å²) in [5.74, 6) is -0.353. The number of rotatable bonds is 35. The molecule has 0 aromatic heterocycles. The monoisotopic (exact) mass is 695 g/mol. The molecule has 0 saturated heterocycles. The summed E-state index contributed by atoms with van der Waals surface area (Å²) in [6, 6.07) is 0. The Morgan fingerprint density at radius 1 is 0.646 bits per heavy atom. The van der Waals surface area contributed by atoms with Crippen LogP contribution in [0.1, 0.15) is 142 Å². The molecule has 0 aromatic carbocycles. The van der Waals surface area contributed by atoms with Crippen LogP contribution >= 0.6 is 7.82 Å². The maximum atomic E-state index is 12.5. The fourth-order valence-corrected chi connectivity index (χ4v) is 5.49. The molecule has 3 N–H and O–H groups in total. The van der Waals surface area contributed by atoms with E-state index in [1.54, 1.807) is 0 Å². The highest BCUT2D eigenvalue weighted by atomic mass is 31.2. The Kier molecular flexibility index (Phi) is 35.1. The fraction of sp³-hybridized carbons (Fsp3) is 0.718. The third-order valence-corrected chi connectivity index (χ3v) is 8.43. The summed E-state index contributed by atoms with van der Waals surface area (Å²) in [6.07, 6.45) is 42.4. The van der Waals surface area contributed by atoms with Crippen molar-refractivity contribution >= 4 is 13.8 Å². The Labute approximate surface area is 293 Å². The predicted octanol–water partition coefficient (Wildman–Crippen LogP) is 10.6. The average Bonchev–Trinajstić information content (AvgIpc) is 3.07. The van der Waals surface area contributed by atoms with Gasteiger partial charge in [0, 0.05) is 19.6 Å². The molecule has 0 saturated carbocycles. The number of allylic oxidation sites excluding steroid dienone is 10. The van der Waals surface area contributed by atoms with Gasteiger partial charge in [-0.25, -0.2) is 4.57 Å². The van der Waals surface area contributed by atoms with Crippen molar-refractivity contribution in [3.8, 4) is 0 Å². The van der Waals surface area contributed by atoms with Gasteiger partial charge in [0.05, 0.1) is 19.8 Å². The van der Waals surface area contributed by atoms with Gasteiger partial charge in [-0.1, -0.05) is 139 Å². The van der Waals surface area contributed by atoms with Gasteiger partial charge in [0.2, 0.25) is 0 Å². The number of phosphoric ester groups is 1. The predicted molar refractivity (Wildman–Crippen MR) is 201 cm³/mol. The summed E-state index contributed by atoms with van der Waals surface area (Å²) in [6.45, 7) is 4.73. The first kappa shape index (κ1) is 46.2. The Morgan fingerprint density at radius 2 is 1.17 bits per heavy atom. The lowest BCUT2D eigenvalue weighted by atomic mass is 10.1. The standard InChI is InChI=1S/C39H70NO7P/c1-3-5-7-9-11-13-14-15-16-17-18-19-20-21-22-23-24-25-26-28-30-32-39(41)47-38(37-46-48(42,43)45-35-33-40)36-44-34-31-29-27-12-10-8-6-4-2/h5,7,11,13,15-16,18-19,21-22,38H,3-4,6,8-10,12,14,17,20,23-37,40H2,1-2H3,(H,42,43)/b7-5-,13-11-,16-15-,19-18-,22-21-. The lowest BCUT2D eigenvalue weighted by Gasteiger charge is -2.20. The average molecular weight is 696 g/mol. The van der Waals surface area contributed by atoms with Crippen LogP contribution in [0.5, 0.6) is 0 Å². The van der Waals surface area contributed by atoms with Crippen LogP contribution in [0.2, 0.25) is 0 Å². The molecule has 0 fully saturated rings. The number of carbonyl (C=O) groups is 1. The summed E-state index contributed by atoms with van der Waals surface area (Å²) in [4.78, 5) is 22.3. The minimum atomic E-state index is -4.27. The molecule has 8 nitrogen and oxygen atoms in total. The Morgan fingerprint density at radius 3 is 1.75 bits per heavy atom. The second-order valence-corrected chi connectivity index (χ2v) is 13.5. The van der Waals surface area contributed by atoms with Gasteiger partial charge in [-0.3, -0.25) is 13.8 Å². The molecular formula is C39H70NO7P. The van der Waals surface area contributed by atoms with Crippen LogP contribution in [0.15, 0.2) is 60.8 Å². The Balaban J connectivity index is 4.09. The number of esters is 1. The van der Waals surface area contributed by atoms with Crippen molar-refractivity contribution in [2.75, 3.05) is 33.0 Å². The van der Waals surface area contributed by atoms with Crippen molar-refractivity contribution < 1.29 is 32.8 Å². The van der Waals surface area contributed by atoms with Gasteiger partial charge in [-0.2, -0.15) is 0 Å². The minimum absolute atomic E-state index is 0.0947. The molecular weight excluding hydrogens is 625 g/mol. The van der Waals surface area contributed by atoms with Gasteiger partial charge in [0.15, 0.2) is 0 Å². The third kappa shape index (κ3) is 35.5. The smallest absolute Gasteiger partial charge is 0.457 e. The SMILES string of the molecule is CC/C=C\C/C=C\C/C=C\C/C=C\C/C=C\CCCCCCCC(=O)OC(COCCCCCCCCCC)COP(=O)(O)OCCN. The van der Waals surface area contributed by atoms with Crippen LogP contribution in [0, 0.1) is 0 Å². The molecule has 0 spiro atoms. The van der Waals surface area contributed by atoms with Gasteiger partial charge in [-0.05, 0) is 57.8 Å². The first-order valence-corrected chi connectivity index (χ1v) is 20.3. The van der Waals surface area contributed by atoms with E-state index in [2.05, 4.69) is 74.6 Å². The topological polar surface area (TPSA) is 117 Å². The lowest BCUT2D eigenvalue weighted by Crippen LogP contribution is -2.28. The number of carbonyl (C=O) groups excluding carboxylic acids is 1. The van der Waals surface area contributed by atoms with Crippen LogP contribution in [-0.4, -0.2) is 49.9 Å². The van der Waals surface area contributed by atoms with Crippen molar-refractivity contribution in [2.45, 2.75) is 148 Å². The number of hydrogen-bond acceptors (Lipinski definition) is 7. The molecule has 0 amide bonds. The summed E-state index contributed by atoms with van der Waals surface area (Å²) < 4.78 is 33.2. The zero-order valence-electron chi connectivity index (χ0n) is 30.4. The molecule has 0 aliphatic heterocycles. The zero-order chi connectivity index (χ0) is 35.2. The number of nitrogens with two attached hydrogens (primary N) is 1. The largest absolute Gasteiger partial charge is 0.472 e. The zero-order valence-corrected chi connectivity index (χ0v) is 31.3. The minimum Gasteiger partial charge on any atom is -0.457 e. The molecule has 2 atom stereocenters. The fourth-order valence-electron chi connectivity index (χ4n) is 4.73. The Hall–Kier alpha value is -1.80. The van der Waals surface area contributed by atoms with Gasteiger partial charge in [-0.15, -0.1) is 0 Å². The van der Waals surface area contributed by atoms with Crippen LogP contribution in [0.4, 0.5) is 0 Å². The van der Waals surface area contributed by atoms with Gasteiger partial charge in [0.25, 0.3) is 0 Å². The van der Waals surface area contributed by atoms with Crippen molar-refractivity contribution in [2.24, 2.45) is 5.73 Å². The normalized spacial score (nSPS) is 14.3. The molecule has 0 radical (unpaired) electrons. The second kappa shape index (κ2) is 36.5. The molecule has 2 unspecified atom stereocenters. The van der Waals surface area contributed by atoms with E-state index in [0.29, 0.717) is 13.0 Å². The highest BCUT2D eigenvalue weighted by Crippen LogP contribution is 2.43. The van der Waals surface area contributed by atoms with Crippen molar-refractivity contribution in [3.63, 3.8) is 0 Å². The summed E-state index contributed by atoms with van der Waals surface area (Å²) in [5.41, 5.74) is 5.34. The maximum absolute atomic E-state index is 12.5. The first-order chi connectivity index (χ1) is 23.4. The second-order valence-electron chi connectivity index (χ2n) is 12.1. The molecule has 48 heavy (non-hydrogen) atoms. The van der Waals surface area contributed by atoms with Crippen LogP contribution < -0.4 is 5.73 Å². The van der Waals surface area contributed by atoms with E-state index >= 15 is 0 Å². The van der Waals surface area contributed by atoms with Crippen LogP contribution in [-0.2, 0) is 27.9 Å². The first-order valence-electron chi connectivity index (χ1n) is 18.8. The molecule has 9 heteroatoms. The van der Waals surface area contributed by atoms with E-state index in [1.807, 2.05) is 0 Å². The number of hydrogen-bond donors (Lipinski definition) is 2. The quantitative estimate of drug-likeness (QED) is 0.0291. The van der Waals surface area contributed by atoms with Crippen LogP contribution in [0.3, 0.4) is 0 Å². The van der Waals surface area contributed by atoms with E-state index in [0.717, 1.165) is 83.5 Å². The van der Waals surface area contributed by atoms with Crippen LogP contribution in [0.25, 0.3) is 0 Å². The molecule has 278 valence electrons. The lowest BCUT2D eigenvalue weighted by molar-refractivity contribution is -0.154. The molecule has 0 aliphatic carbocycles. The number of unbranched alkanes of at least 4 members (excludes halogenated alkanes) is 12. The van der Waals surface area contributed by atoms with Crippen molar-refractivity contribution in [1.29, 1.82) is 0 Å². The van der Waals surface area contributed by atoms with E-state index in [1.165, 1.54) is 38.5 Å². The van der Waals surface area contributed by atoms with Gasteiger partial charge in [0.1, 0.15) is 6.10 Å². The third-order valence-electron chi connectivity index (χ3n) is 7.45. The summed E-state index contributed by atoms with van der Waals surface area (Å²) in [5, 5.41) is 0. The summed E-state index contributed by atoms with van der Waals surface area (Å²) in [7, 11) is -4.27. The van der Waals surface area contributed by atoms with E-state index in [-0.39, 0.29) is 32.3 Å². The molecule has 0 heterocycles. The number of phosphoric acid groups is 1. The molecule has 0 rings (SSSR count). The van der Waals surface area contributed by atoms with Gasteiger partial charge >= 0.3 is 13.8 Å². The maximum Gasteiger partial charge on any atom is 0.472 e. The summed E-state index contributed by atoms with van der Waals surface area (Å²) >= 11 is 0. The van der Waals surface area contributed by atoms with Crippen molar-refractivity contribution in [3.05, 3.63) is 60.8 Å². The highest BCUT2D eigenvalue weighted by molar-refractivity contribution is 7.47. The highest BCUT2D eigenvalue weighted by Gasteiger charge is 2.25. The van der Waals surface area contributed by atoms with Gasteiger partial charge < -0.3 is 20.1 Å². The molecule has 0 aromatic rings. The van der Waals surface area contributed by atoms with E-state index < -0.39 is 13.9 Å². The molecule has 0 bridgehead atoms. The van der Waals surface area contributed by atoms with Crippen molar-refractivity contribution in [1.82, 2.24) is 0 Å².